The van der Waals surface area contributed by atoms with Gasteiger partial charge in [0.25, 0.3) is 0 Å². The Morgan fingerprint density at radius 2 is 2.31 bits per heavy atom. The highest BCUT2D eigenvalue weighted by Crippen LogP contribution is 2.13. The lowest BCUT2D eigenvalue weighted by Crippen LogP contribution is -2.39. The summed E-state index contributed by atoms with van der Waals surface area (Å²) in [5.41, 5.74) is 0. The molecule has 0 radical (unpaired) electrons. The molecule has 0 aromatic carbocycles. The maximum absolute atomic E-state index is 11.2. The predicted molar refractivity (Wildman–Crippen MR) is 64.5 cm³/mol. The van der Waals surface area contributed by atoms with Gasteiger partial charge in [0.15, 0.2) is 9.84 Å². The molecule has 6 heteroatoms. The summed E-state index contributed by atoms with van der Waals surface area (Å²) in [6, 6.07) is 3.74. The third-order valence-corrected chi connectivity index (χ3v) is 5.33. The van der Waals surface area contributed by atoms with Gasteiger partial charge in [-0.25, -0.2) is 8.42 Å². The van der Waals surface area contributed by atoms with Gasteiger partial charge >= 0.3 is 0 Å². The van der Waals surface area contributed by atoms with Gasteiger partial charge in [-0.1, -0.05) is 6.07 Å². The van der Waals surface area contributed by atoms with Crippen molar-refractivity contribution in [3.8, 4) is 0 Å². The Morgan fingerprint density at radius 1 is 1.50 bits per heavy atom. The van der Waals surface area contributed by atoms with Crippen LogP contribution in [0.3, 0.4) is 0 Å². The predicted octanol–water partition coefficient (Wildman–Crippen LogP) is 0.0381. The molecule has 1 aliphatic heterocycles. The zero-order chi connectivity index (χ0) is 11.6. The largest absolute Gasteiger partial charge is 0.390 e. The number of nitrogens with one attached hydrogen (secondary N) is 1. The Kier molecular flexibility index (Phi) is 3.63. The van der Waals surface area contributed by atoms with Crippen molar-refractivity contribution in [3.63, 3.8) is 0 Å². The molecule has 1 aliphatic rings. The van der Waals surface area contributed by atoms with Crippen LogP contribution in [0.1, 0.15) is 4.88 Å². The molecule has 1 aromatic heterocycles. The van der Waals surface area contributed by atoms with Gasteiger partial charge in [0, 0.05) is 17.5 Å². The summed E-state index contributed by atoms with van der Waals surface area (Å²) in [4.78, 5) is 1.27. The SMILES string of the molecule is O=S1(=O)C[C@H](O)[C@H](NCCc2cccs2)C1. The van der Waals surface area contributed by atoms with Crippen LogP contribution in [-0.2, 0) is 16.3 Å². The van der Waals surface area contributed by atoms with Crippen LogP contribution >= 0.6 is 11.3 Å². The van der Waals surface area contributed by atoms with Crippen molar-refractivity contribution in [2.24, 2.45) is 0 Å². The number of sulfone groups is 1. The van der Waals surface area contributed by atoms with Crippen LogP contribution in [0.4, 0.5) is 0 Å². The fraction of sp³-hybridized carbons (Fsp3) is 0.600. The molecule has 4 nitrogen and oxygen atoms in total. The maximum Gasteiger partial charge on any atom is 0.154 e. The fourth-order valence-corrected chi connectivity index (χ4v) is 4.34. The maximum atomic E-state index is 11.2. The van der Waals surface area contributed by atoms with Gasteiger partial charge in [-0.2, -0.15) is 0 Å². The zero-order valence-electron chi connectivity index (χ0n) is 8.80. The van der Waals surface area contributed by atoms with Crippen LogP contribution in [0.5, 0.6) is 0 Å². The Bertz CT molecular complexity index is 427. The molecule has 1 fully saturated rings. The molecule has 0 amide bonds. The molecule has 0 unspecified atom stereocenters. The third-order valence-electron chi connectivity index (χ3n) is 2.68. The number of rotatable bonds is 4. The summed E-state index contributed by atoms with van der Waals surface area (Å²) in [6.07, 6.45) is 0.120. The first-order chi connectivity index (χ1) is 7.57. The Balaban J connectivity index is 1.79. The van der Waals surface area contributed by atoms with Gasteiger partial charge in [0.1, 0.15) is 0 Å². The second kappa shape index (κ2) is 4.83. The smallest absolute Gasteiger partial charge is 0.154 e. The molecule has 1 saturated heterocycles. The summed E-state index contributed by atoms with van der Waals surface area (Å²) < 4.78 is 22.5. The summed E-state index contributed by atoms with van der Waals surface area (Å²) in [5.74, 6) is -0.0533. The molecule has 2 atom stereocenters. The van der Waals surface area contributed by atoms with Gasteiger partial charge in [0.05, 0.1) is 17.6 Å². The van der Waals surface area contributed by atoms with E-state index in [1.165, 1.54) is 4.88 Å². The average molecular weight is 261 g/mol. The Labute approximate surface area is 99.2 Å². The van der Waals surface area contributed by atoms with Crippen molar-refractivity contribution in [3.05, 3.63) is 22.4 Å². The van der Waals surface area contributed by atoms with Crippen LogP contribution in [-0.4, -0.2) is 43.7 Å². The quantitative estimate of drug-likeness (QED) is 0.803. The number of thiophene rings is 1. The van der Waals surface area contributed by atoms with E-state index in [1.807, 2.05) is 17.5 Å². The van der Waals surface area contributed by atoms with Crippen molar-refractivity contribution >= 4 is 21.2 Å². The van der Waals surface area contributed by atoms with Crippen molar-refractivity contribution in [1.82, 2.24) is 5.32 Å². The molecule has 0 aliphatic carbocycles. The van der Waals surface area contributed by atoms with Crippen molar-refractivity contribution < 1.29 is 13.5 Å². The van der Waals surface area contributed by atoms with Crippen molar-refractivity contribution in [2.45, 2.75) is 18.6 Å². The topological polar surface area (TPSA) is 66.4 Å². The number of aliphatic hydroxyl groups is 1. The second-order valence-electron chi connectivity index (χ2n) is 4.03. The highest BCUT2D eigenvalue weighted by Gasteiger charge is 2.35. The Morgan fingerprint density at radius 3 is 2.88 bits per heavy atom. The van der Waals surface area contributed by atoms with E-state index in [2.05, 4.69) is 5.32 Å². The first-order valence-electron chi connectivity index (χ1n) is 5.21. The molecular weight excluding hydrogens is 246 g/mol. The highest BCUT2D eigenvalue weighted by atomic mass is 32.2. The van der Waals surface area contributed by atoms with E-state index in [0.29, 0.717) is 6.54 Å². The highest BCUT2D eigenvalue weighted by molar-refractivity contribution is 7.91. The Hall–Kier alpha value is -0.430. The second-order valence-corrected chi connectivity index (χ2v) is 7.22. The summed E-state index contributed by atoms with van der Waals surface area (Å²) in [7, 11) is -3.04. The molecule has 90 valence electrons. The molecule has 1 aromatic rings. The van der Waals surface area contributed by atoms with Gasteiger partial charge in [-0.15, -0.1) is 11.3 Å². The molecule has 2 rings (SSSR count). The normalized spacial score (nSPS) is 28.3. The number of hydrogen-bond donors (Lipinski definition) is 2. The first-order valence-corrected chi connectivity index (χ1v) is 7.91. The van der Waals surface area contributed by atoms with E-state index in [0.717, 1.165) is 6.42 Å². The molecule has 2 N–H and O–H groups in total. The number of hydrogen-bond acceptors (Lipinski definition) is 5. The van der Waals surface area contributed by atoms with Gasteiger partial charge < -0.3 is 10.4 Å². The average Bonchev–Trinajstić information content (AvgIpc) is 2.75. The van der Waals surface area contributed by atoms with Crippen LogP contribution in [0, 0.1) is 0 Å². The molecule has 16 heavy (non-hydrogen) atoms. The molecule has 2 heterocycles. The summed E-state index contributed by atoms with van der Waals surface area (Å²) >= 11 is 1.69. The molecule has 0 saturated carbocycles. The van der Waals surface area contributed by atoms with Gasteiger partial charge in [-0.05, 0) is 17.9 Å². The van der Waals surface area contributed by atoms with E-state index in [4.69, 9.17) is 0 Å². The standard InChI is InChI=1S/C10H15NO3S2/c12-10-7-16(13,14)6-9(10)11-4-3-8-2-1-5-15-8/h1-2,5,9-12H,3-4,6-7H2/t9-,10+/m1/s1. The molecular formula is C10H15NO3S2. The van der Waals surface area contributed by atoms with E-state index < -0.39 is 15.9 Å². The monoisotopic (exact) mass is 261 g/mol. The van der Waals surface area contributed by atoms with Gasteiger partial charge in [-0.3, -0.25) is 0 Å². The molecule has 0 spiro atoms. The fourth-order valence-electron chi connectivity index (χ4n) is 1.86. The van der Waals surface area contributed by atoms with Crippen molar-refractivity contribution in [1.29, 1.82) is 0 Å². The van der Waals surface area contributed by atoms with Crippen LogP contribution in [0.15, 0.2) is 17.5 Å². The lowest BCUT2D eigenvalue weighted by atomic mass is 10.2. The minimum atomic E-state index is -3.04. The lowest BCUT2D eigenvalue weighted by molar-refractivity contribution is 0.166. The van der Waals surface area contributed by atoms with E-state index in [1.54, 1.807) is 11.3 Å². The third kappa shape index (κ3) is 3.04. The number of aliphatic hydroxyl groups excluding tert-OH is 1. The molecule has 0 bridgehead atoms. The van der Waals surface area contributed by atoms with Crippen LogP contribution in [0.2, 0.25) is 0 Å². The lowest BCUT2D eigenvalue weighted by Gasteiger charge is -2.14. The van der Waals surface area contributed by atoms with E-state index in [9.17, 15) is 13.5 Å². The van der Waals surface area contributed by atoms with Crippen molar-refractivity contribution in [2.75, 3.05) is 18.1 Å². The van der Waals surface area contributed by atoms with E-state index >= 15 is 0 Å². The minimum absolute atomic E-state index is 0.0542. The zero-order valence-corrected chi connectivity index (χ0v) is 10.4. The first kappa shape index (κ1) is 12.0. The summed E-state index contributed by atoms with van der Waals surface area (Å²) in [6.45, 7) is 0.706. The summed E-state index contributed by atoms with van der Waals surface area (Å²) in [5, 5.41) is 14.7. The van der Waals surface area contributed by atoms with E-state index in [-0.39, 0.29) is 17.5 Å². The van der Waals surface area contributed by atoms with Gasteiger partial charge in [0.2, 0.25) is 0 Å². The van der Waals surface area contributed by atoms with Crippen LogP contribution in [0.25, 0.3) is 0 Å². The minimum Gasteiger partial charge on any atom is -0.390 e. The van der Waals surface area contributed by atoms with Crippen LogP contribution < -0.4 is 5.32 Å².